The molecule has 1 aromatic heterocycles. The number of nitrogens with zero attached hydrogens (tertiary/aromatic N) is 3. The molecular formula is C14H15BrN4O2. The summed E-state index contributed by atoms with van der Waals surface area (Å²) in [6.07, 6.45) is 0. The second kappa shape index (κ2) is 6.53. The van der Waals surface area contributed by atoms with Gasteiger partial charge in [-0.1, -0.05) is 15.9 Å². The Morgan fingerprint density at radius 3 is 2.67 bits per heavy atom. The molecule has 1 heterocycles. The third-order valence-electron chi connectivity index (χ3n) is 3.01. The minimum Gasteiger partial charge on any atom is -0.508 e. The molecule has 0 aliphatic rings. The minimum absolute atomic E-state index is 0.125. The molecule has 0 saturated heterocycles. The smallest absolute Gasteiger partial charge is 0.269 e. The van der Waals surface area contributed by atoms with Crippen molar-refractivity contribution in [1.29, 1.82) is 0 Å². The average molecular weight is 351 g/mol. The molecule has 2 aromatic rings. The summed E-state index contributed by atoms with van der Waals surface area (Å²) in [7, 11) is 0. The van der Waals surface area contributed by atoms with Gasteiger partial charge >= 0.3 is 0 Å². The summed E-state index contributed by atoms with van der Waals surface area (Å²) in [6, 6.07) is 8.48. The van der Waals surface area contributed by atoms with Crippen LogP contribution < -0.4 is 10.6 Å². The molecule has 0 aliphatic heterocycles. The summed E-state index contributed by atoms with van der Waals surface area (Å²) < 4.78 is 0.890. The molecule has 0 atom stereocenters. The maximum Gasteiger partial charge on any atom is 0.269 e. The van der Waals surface area contributed by atoms with Gasteiger partial charge in [0.1, 0.15) is 5.75 Å². The number of hydrogen-bond donors (Lipinski definition) is 2. The number of primary amides is 1. The molecule has 0 radical (unpaired) electrons. The van der Waals surface area contributed by atoms with Crippen LogP contribution in [0.1, 0.15) is 23.0 Å². The van der Waals surface area contributed by atoms with E-state index in [1.54, 1.807) is 18.2 Å². The van der Waals surface area contributed by atoms with Gasteiger partial charge in [-0.2, -0.15) is 0 Å². The molecular weight excluding hydrogens is 336 g/mol. The predicted octanol–water partition coefficient (Wildman–Crippen LogP) is 2.07. The Bertz CT molecular complexity index is 646. The standard InChI is InChI=1S/C14H15BrN4O2/c1-2-19(8-9-7-10(15)3-5-12(9)20)13-6-4-11(14(16)21)17-18-13/h3-7,20H,2,8H2,1H3,(H2,16,21). The molecule has 6 nitrogen and oxygen atoms in total. The number of carbonyl (C=O) groups is 1. The average Bonchev–Trinajstić information content (AvgIpc) is 2.48. The summed E-state index contributed by atoms with van der Waals surface area (Å²) in [6.45, 7) is 3.13. The Morgan fingerprint density at radius 1 is 1.33 bits per heavy atom. The fourth-order valence-electron chi connectivity index (χ4n) is 1.87. The van der Waals surface area contributed by atoms with Crippen molar-refractivity contribution < 1.29 is 9.90 Å². The monoisotopic (exact) mass is 350 g/mol. The lowest BCUT2D eigenvalue weighted by Gasteiger charge is -2.22. The second-order valence-corrected chi connectivity index (χ2v) is 5.34. The van der Waals surface area contributed by atoms with E-state index in [0.717, 1.165) is 10.0 Å². The highest BCUT2D eigenvalue weighted by Gasteiger charge is 2.12. The molecule has 0 bridgehead atoms. The first-order valence-corrected chi connectivity index (χ1v) is 7.16. The minimum atomic E-state index is -0.610. The molecule has 3 N–H and O–H groups in total. The topological polar surface area (TPSA) is 92.3 Å². The van der Waals surface area contributed by atoms with Crippen LogP contribution in [0.15, 0.2) is 34.8 Å². The number of aromatic nitrogens is 2. The van der Waals surface area contributed by atoms with Crippen LogP contribution >= 0.6 is 15.9 Å². The lowest BCUT2D eigenvalue weighted by molar-refractivity contribution is 0.0994. The lowest BCUT2D eigenvalue weighted by Crippen LogP contribution is -2.24. The summed E-state index contributed by atoms with van der Waals surface area (Å²) in [5.41, 5.74) is 6.03. The first-order valence-electron chi connectivity index (χ1n) is 6.37. The largest absolute Gasteiger partial charge is 0.508 e. The molecule has 1 aromatic carbocycles. The van der Waals surface area contributed by atoms with Crippen LogP contribution in [0.2, 0.25) is 0 Å². The zero-order valence-corrected chi connectivity index (χ0v) is 13.0. The van der Waals surface area contributed by atoms with E-state index in [-0.39, 0.29) is 11.4 Å². The molecule has 7 heteroatoms. The molecule has 0 aliphatic carbocycles. The lowest BCUT2D eigenvalue weighted by atomic mass is 10.2. The Morgan fingerprint density at radius 2 is 2.10 bits per heavy atom. The number of nitrogens with two attached hydrogens (primary N) is 1. The van der Waals surface area contributed by atoms with Gasteiger partial charge in [0.05, 0.1) is 0 Å². The predicted molar refractivity (Wildman–Crippen MR) is 83.1 cm³/mol. The Hall–Kier alpha value is -2.15. The van der Waals surface area contributed by atoms with E-state index in [9.17, 15) is 9.90 Å². The van der Waals surface area contributed by atoms with E-state index in [2.05, 4.69) is 26.1 Å². The zero-order valence-electron chi connectivity index (χ0n) is 11.5. The van der Waals surface area contributed by atoms with Gasteiger partial charge in [0.25, 0.3) is 5.91 Å². The van der Waals surface area contributed by atoms with Crippen LogP contribution in [-0.2, 0) is 6.54 Å². The van der Waals surface area contributed by atoms with Crippen LogP contribution in [0, 0.1) is 0 Å². The number of phenols is 1. The quantitative estimate of drug-likeness (QED) is 0.860. The molecule has 0 spiro atoms. The SMILES string of the molecule is CCN(Cc1cc(Br)ccc1O)c1ccc(C(N)=O)nn1. The molecule has 110 valence electrons. The van der Waals surface area contributed by atoms with Gasteiger partial charge in [0.2, 0.25) is 0 Å². The number of amides is 1. The van der Waals surface area contributed by atoms with Gasteiger partial charge in [-0.15, -0.1) is 10.2 Å². The number of aromatic hydroxyl groups is 1. The summed E-state index contributed by atoms with van der Waals surface area (Å²) in [4.78, 5) is 12.9. The first-order chi connectivity index (χ1) is 10.0. The number of carbonyl (C=O) groups excluding carboxylic acids is 1. The van der Waals surface area contributed by atoms with Gasteiger partial charge in [0.15, 0.2) is 11.5 Å². The first kappa shape index (κ1) is 15.2. The van der Waals surface area contributed by atoms with E-state index in [1.165, 1.54) is 6.07 Å². The van der Waals surface area contributed by atoms with Gasteiger partial charge < -0.3 is 15.7 Å². The normalized spacial score (nSPS) is 10.4. The van der Waals surface area contributed by atoms with Gasteiger partial charge in [-0.25, -0.2) is 0 Å². The van der Waals surface area contributed by atoms with E-state index < -0.39 is 5.91 Å². The van der Waals surface area contributed by atoms with Crippen molar-refractivity contribution in [3.8, 4) is 5.75 Å². The summed E-state index contributed by atoms with van der Waals surface area (Å²) in [5.74, 6) is 0.224. The third kappa shape index (κ3) is 3.69. The maximum absolute atomic E-state index is 11.0. The summed E-state index contributed by atoms with van der Waals surface area (Å²) >= 11 is 3.38. The van der Waals surface area contributed by atoms with Gasteiger partial charge in [0, 0.05) is 23.1 Å². The molecule has 0 saturated carbocycles. The summed E-state index contributed by atoms with van der Waals surface area (Å²) in [5, 5.41) is 17.7. The van der Waals surface area contributed by atoms with E-state index >= 15 is 0 Å². The zero-order chi connectivity index (χ0) is 15.4. The number of rotatable bonds is 5. The van der Waals surface area contributed by atoms with E-state index in [1.807, 2.05) is 17.9 Å². The van der Waals surface area contributed by atoms with Crippen molar-refractivity contribution in [3.05, 3.63) is 46.1 Å². The Balaban J connectivity index is 2.23. The third-order valence-corrected chi connectivity index (χ3v) is 3.50. The molecule has 0 unspecified atom stereocenters. The Kier molecular flexibility index (Phi) is 4.74. The number of benzene rings is 1. The van der Waals surface area contributed by atoms with Crippen molar-refractivity contribution in [1.82, 2.24) is 10.2 Å². The van der Waals surface area contributed by atoms with Crippen molar-refractivity contribution in [2.45, 2.75) is 13.5 Å². The molecule has 21 heavy (non-hydrogen) atoms. The molecule has 2 rings (SSSR count). The number of hydrogen-bond acceptors (Lipinski definition) is 5. The van der Waals surface area contributed by atoms with Crippen LogP contribution in [0.5, 0.6) is 5.75 Å². The van der Waals surface area contributed by atoms with E-state index in [0.29, 0.717) is 18.9 Å². The van der Waals surface area contributed by atoms with Crippen molar-refractivity contribution in [2.24, 2.45) is 5.73 Å². The van der Waals surface area contributed by atoms with Gasteiger partial charge in [-0.3, -0.25) is 4.79 Å². The maximum atomic E-state index is 11.0. The fraction of sp³-hybridized carbons (Fsp3) is 0.214. The highest BCUT2D eigenvalue weighted by atomic mass is 79.9. The van der Waals surface area contributed by atoms with Crippen molar-refractivity contribution in [3.63, 3.8) is 0 Å². The van der Waals surface area contributed by atoms with Crippen LogP contribution in [0.25, 0.3) is 0 Å². The van der Waals surface area contributed by atoms with Crippen LogP contribution in [-0.4, -0.2) is 27.8 Å². The van der Waals surface area contributed by atoms with Crippen LogP contribution in [0.4, 0.5) is 5.82 Å². The van der Waals surface area contributed by atoms with Crippen LogP contribution in [0.3, 0.4) is 0 Å². The van der Waals surface area contributed by atoms with Gasteiger partial charge in [-0.05, 0) is 37.3 Å². The van der Waals surface area contributed by atoms with Crippen molar-refractivity contribution >= 4 is 27.7 Å². The van der Waals surface area contributed by atoms with E-state index in [4.69, 9.17) is 5.73 Å². The second-order valence-electron chi connectivity index (χ2n) is 4.43. The fourth-order valence-corrected chi connectivity index (χ4v) is 2.27. The number of halogens is 1. The highest BCUT2D eigenvalue weighted by Crippen LogP contribution is 2.24. The highest BCUT2D eigenvalue weighted by molar-refractivity contribution is 9.10. The number of phenolic OH excluding ortho intramolecular Hbond substituents is 1. The Labute approximate surface area is 130 Å². The molecule has 0 fully saturated rings. The number of anilines is 1. The molecule has 1 amide bonds. The van der Waals surface area contributed by atoms with Crippen molar-refractivity contribution in [2.75, 3.05) is 11.4 Å².